The molecule has 1 aromatic heterocycles. The summed E-state index contributed by atoms with van der Waals surface area (Å²) >= 11 is 0. The fourth-order valence-corrected chi connectivity index (χ4v) is 3.47. The van der Waals surface area contributed by atoms with Crippen LogP contribution in [0.25, 0.3) is 11.1 Å². The lowest BCUT2D eigenvalue weighted by molar-refractivity contribution is -0.141. The highest BCUT2D eigenvalue weighted by Crippen LogP contribution is 2.30. The second kappa shape index (κ2) is 8.37. The Labute approximate surface area is 176 Å². The Balaban J connectivity index is 1.85. The first-order valence-electron chi connectivity index (χ1n) is 9.63. The van der Waals surface area contributed by atoms with Gasteiger partial charge in [0.25, 0.3) is 11.8 Å². The van der Waals surface area contributed by atoms with Crippen LogP contribution in [-0.4, -0.2) is 34.9 Å². The number of hydrogen-bond donors (Lipinski definition) is 3. The quantitative estimate of drug-likeness (QED) is 0.608. The highest BCUT2D eigenvalue weighted by Gasteiger charge is 2.49. The lowest BCUT2D eigenvalue weighted by atomic mass is 9.83. The van der Waals surface area contributed by atoms with Crippen LogP contribution >= 0.6 is 0 Å². The van der Waals surface area contributed by atoms with E-state index in [0.717, 1.165) is 12.3 Å². The minimum absolute atomic E-state index is 0.141. The molecule has 0 bridgehead atoms. The first-order valence-corrected chi connectivity index (χ1v) is 9.63. The lowest BCUT2D eigenvalue weighted by Crippen LogP contribution is -2.59. The van der Waals surface area contributed by atoms with E-state index in [2.05, 4.69) is 20.9 Å². The zero-order valence-electron chi connectivity index (χ0n) is 16.8. The highest BCUT2D eigenvalue weighted by atomic mass is 19.4. The predicted octanol–water partition coefficient (Wildman–Crippen LogP) is 3.12. The van der Waals surface area contributed by atoms with Crippen molar-refractivity contribution in [3.63, 3.8) is 0 Å². The highest BCUT2D eigenvalue weighted by molar-refractivity contribution is 6.08. The zero-order chi connectivity index (χ0) is 22.8. The topological polar surface area (TPSA) is 100 Å². The lowest BCUT2D eigenvalue weighted by Gasteiger charge is -2.32. The molecule has 4 amide bonds. The fraction of sp³-hybridized carbons (Fsp3) is 0.333. The van der Waals surface area contributed by atoms with Gasteiger partial charge < -0.3 is 10.6 Å². The van der Waals surface area contributed by atoms with E-state index in [4.69, 9.17) is 0 Å². The van der Waals surface area contributed by atoms with Crippen LogP contribution in [-0.2, 0) is 11.0 Å². The van der Waals surface area contributed by atoms with Gasteiger partial charge in [0.1, 0.15) is 11.2 Å². The summed E-state index contributed by atoms with van der Waals surface area (Å²) in [6.07, 6.45) is -2.93. The Morgan fingerprint density at radius 3 is 2.45 bits per heavy atom. The first kappa shape index (κ1) is 22.3. The average molecular weight is 434 g/mol. The van der Waals surface area contributed by atoms with Crippen molar-refractivity contribution >= 4 is 17.8 Å². The number of rotatable bonds is 6. The molecule has 164 valence electrons. The van der Waals surface area contributed by atoms with E-state index in [1.54, 1.807) is 25.1 Å². The maximum absolute atomic E-state index is 12.9. The SMILES string of the molecule is CCC(C)C1(CNC(=O)c2ccccc2-c2ccc(C(F)(F)F)nc2)NC(=O)NC1=O. The van der Waals surface area contributed by atoms with Gasteiger partial charge in [0.15, 0.2) is 0 Å². The minimum Gasteiger partial charge on any atom is -0.349 e. The molecular formula is C21H21F3N4O3. The van der Waals surface area contributed by atoms with E-state index in [1.165, 1.54) is 12.1 Å². The number of nitrogens with one attached hydrogen (secondary N) is 3. The molecule has 3 rings (SSSR count). The van der Waals surface area contributed by atoms with Crippen molar-refractivity contribution in [2.75, 3.05) is 6.54 Å². The number of halogens is 3. The summed E-state index contributed by atoms with van der Waals surface area (Å²) < 4.78 is 38.3. The largest absolute Gasteiger partial charge is 0.433 e. The molecular weight excluding hydrogens is 413 g/mol. The van der Waals surface area contributed by atoms with Crippen LogP contribution in [0, 0.1) is 5.92 Å². The molecule has 31 heavy (non-hydrogen) atoms. The van der Waals surface area contributed by atoms with Crippen LogP contribution in [0.1, 0.15) is 36.3 Å². The Kier molecular flexibility index (Phi) is 6.01. The second-order valence-electron chi connectivity index (χ2n) is 7.35. The molecule has 7 nitrogen and oxygen atoms in total. The summed E-state index contributed by atoms with van der Waals surface area (Å²) in [5.74, 6) is -1.31. The molecule has 0 saturated carbocycles. The van der Waals surface area contributed by atoms with Crippen LogP contribution in [0.4, 0.5) is 18.0 Å². The third kappa shape index (κ3) is 4.37. The van der Waals surface area contributed by atoms with E-state index >= 15 is 0 Å². The minimum atomic E-state index is -4.56. The monoisotopic (exact) mass is 434 g/mol. The van der Waals surface area contributed by atoms with Gasteiger partial charge in [-0.15, -0.1) is 0 Å². The molecule has 10 heteroatoms. The first-order chi connectivity index (χ1) is 14.6. The van der Waals surface area contributed by atoms with Gasteiger partial charge in [-0.1, -0.05) is 44.5 Å². The van der Waals surface area contributed by atoms with Gasteiger partial charge in [-0.2, -0.15) is 13.2 Å². The number of aromatic nitrogens is 1. The van der Waals surface area contributed by atoms with E-state index < -0.39 is 35.3 Å². The summed E-state index contributed by atoms with van der Waals surface area (Å²) in [6, 6.07) is 7.84. The zero-order valence-corrected chi connectivity index (χ0v) is 16.8. The Hall–Kier alpha value is -3.43. The average Bonchev–Trinajstić information content (AvgIpc) is 3.04. The van der Waals surface area contributed by atoms with Crippen molar-refractivity contribution in [3.8, 4) is 11.1 Å². The van der Waals surface area contributed by atoms with E-state index in [0.29, 0.717) is 17.5 Å². The van der Waals surface area contributed by atoms with Crippen LogP contribution in [0.3, 0.4) is 0 Å². The van der Waals surface area contributed by atoms with Gasteiger partial charge >= 0.3 is 12.2 Å². The standard InChI is InChI=1S/C21H21F3N4O3/c1-3-12(2)20(18(30)27-19(31)28-20)11-26-17(29)15-7-5-4-6-14(15)13-8-9-16(25-10-13)21(22,23)24/h4-10,12H,3,11H2,1-2H3,(H,26,29)(H2,27,28,30,31). The normalized spacial score (nSPS) is 19.5. The Morgan fingerprint density at radius 1 is 1.19 bits per heavy atom. The van der Waals surface area contributed by atoms with Crippen molar-refractivity contribution in [1.29, 1.82) is 0 Å². The molecule has 1 aromatic carbocycles. The van der Waals surface area contributed by atoms with Crippen molar-refractivity contribution in [2.24, 2.45) is 5.92 Å². The van der Waals surface area contributed by atoms with Crippen molar-refractivity contribution in [3.05, 3.63) is 53.9 Å². The smallest absolute Gasteiger partial charge is 0.349 e. The van der Waals surface area contributed by atoms with Gasteiger partial charge in [0, 0.05) is 17.3 Å². The number of carbonyl (C=O) groups is 3. The molecule has 0 aliphatic carbocycles. The molecule has 2 heterocycles. The number of nitrogens with zero attached hydrogens (tertiary/aromatic N) is 1. The van der Waals surface area contributed by atoms with Crippen LogP contribution < -0.4 is 16.0 Å². The molecule has 3 N–H and O–H groups in total. The van der Waals surface area contributed by atoms with Gasteiger partial charge in [-0.05, 0) is 23.6 Å². The van der Waals surface area contributed by atoms with Crippen molar-refractivity contribution < 1.29 is 27.6 Å². The molecule has 2 aromatic rings. The molecule has 1 aliphatic rings. The molecule has 2 unspecified atom stereocenters. The van der Waals surface area contributed by atoms with Crippen molar-refractivity contribution in [1.82, 2.24) is 20.9 Å². The third-order valence-electron chi connectivity index (χ3n) is 5.49. The molecule has 2 atom stereocenters. The second-order valence-corrected chi connectivity index (χ2v) is 7.35. The third-order valence-corrected chi connectivity index (χ3v) is 5.49. The van der Waals surface area contributed by atoms with Gasteiger partial charge in [0.2, 0.25) is 0 Å². The molecule has 1 aliphatic heterocycles. The summed E-state index contributed by atoms with van der Waals surface area (Å²) in [7, 11) is 0. The molecule has 0 radical (unpaired) electrons. The summed E-state index contributed by atoms with van der Waals surface area (Å²) in [4.78, 5) is 40.5. The van der Waals surface area contributed by atoms with Gasteiger partial charge in [-0.3, -0.25) is 19.9 Å². The maximum Gasteiger partial charge on any atom is 0.433 e. The van der Waals surface area contributed by atoms with Gasteiger partial charge in [-0.25, -0.2) is 4.79 Å². The van der Waals surface area contributed by atoms with Crippen LogP contribution in [0.2, 0.25) is 0 Å². The summed E-state index contributed by atoms with van der Waals surface area (Å²) in [5.41, 5.74) is -1.39. The molecule has 1 saturated heterocycles. The molecule has 0 spiro atoms. The van der Waals surface area contributed by atoms with Gasteiger partial charge in [0.05, 0.1) is 6.54 Å². The number of pyridine rings is 1. The van der Waals surface area contributed by atoms with E-state index in [9.17, 15) is 27.6 Å². The number of benzene rings is 1. The van der Waals surface area contributed by atoms with Crippen molar-refractivity contribution in [2.45, 2.75) is 32.0 Å². The fourth-order valence-electron chi connectivity index (χ4n) is 3.47. The van der Waals surface area contributed by atoms with E-state index in [-0.39, 0.29) is 18.0 Å². The summed E-state index contributed by atoms with van der Waals surface area (Å²) in [5, 5.41) is 7.49. The number of imide groups is 1. The number of alkyl halides is 3. The van der Waals surface area contributed by atoms with E-state index in [1.807, 2.05) is 6.92 Å². The summed E-state index contributed by atoms with van der Waals surface area (Å²) in [6.45, 7) is 3.51. The Bertz CT molecular complexity index is 1010. The number of hydrogen-bond acceptors (Lipinski definition) is 4. The number of amides is 4. The maximum atomic E-state index is 12.9. The predicted molar refractivity (Wildman–Crippen MR) is 106 cm³/mol. The van der Waals surface area contributed by atoms with Crippen LogP contribution in [0.15, 0.2) is 42.6 Å². The Morgan fingerprint density at radius 2 is 1.90 bits per heavy atom. The molecule has 1 fully saturated rings. The number of urea groups is 1. The number of carbonyl (C=O) groups excluding carboxylic acids is 3. The van der Waals surface area contributed by atoms with Crippen LogP contribution in [0.5, 0.6) is 0 Å².